The van der Waals surface area contributed by atoms with Gasteiger partial charge in [-0.1, -0.05) is 12.1 Å². The fourth-order valence-electron chi connectivity index (χ4n) is 3.71. The van der Waals surface area contributed by atoms with Crippen LogP contribution < -0.4 is 14.8 Å². The highest BCUT2D eigenvalue weighted by Crippen LogP contribution is 2.28. The molecule has 0 radical (unpaired) electrons. The number of amides is 1. The van der Waals surface area contributed by atoms with Gasteiger partial charge in [-0.25, -0.2) is 9.37 Å². The minimum absolute atomic E-state index is 0.00281. The zero-order chi connectivity index (χ0) is 20.9. The standard InChI is InChI=1S/C23H24FN3O3/c1-29-20-4-2-3-5-21(20)30-13-12-25-23(28)17-8-11-22-26-14-19(27(22)15-17)16-6-9-18(24)10-7-16/h2-7,9-10,14,17H,8,11-13,15H2,1H3,(H,25,28). The lowest BCUT2D eigenvalue weighted by molar-refractivity contribution is -0.126. The molecule has 1 aliphatic heterocycles. The van der Waals surface area contributed by atoms with Crippen LogP contribution in [0.2, 0.25) is 0 Å². The van der Waals surface area contributed by atoms with Gasteiger partial charge in [0.2, 0.25) is 5.91 Å². The Morgan fingerprint density at radius 2 is 1.97 bits per heavy atom. The maximum absolute atomic E-state index is 13.2. The fourth-order valence-corrected chi connectivity index (χ4v) is 3.71. The number of fused-ring (bicyclic) bond motifs is 1. The van der Waals surface area contributed by atoms with E-state index in [1.54, 1.807) is 25.4 Å². The molecular formula is C23H24FN3O3. The molecule has 1 N–H and O–H groups in total. The Labute approximate surface area is 174 Å². The van der Waals surface area contributed by atoms with Crippen molar-refractivity contribution in [2.45, 2.75) is 19.4 Å². The number of aromatic nitrogens is 2. The molecule has 0 bridgehead atoms. The van der Waals surface area contributed by atoms with Gasteiger partial charge in [0.1, 0.15) is 18.2 Å². The van der Waals surface area contributed by atoms with E-state index in [2.05, 4.69) is 14.9 Å². The van der Waals surface area contributed by atoms with Crippen molar-refractivity contribution in [1.82, 2.24) is 14.9 Å². The monoisotopic (exact) mass is 409 g/mol. The van der Waals surface area contributed by atoms with Crippen molar-refractivity contribution in [2.75, 3.05) is 20.3 Å². The van der Waals surface area contributed by atoms with Crippen molar-refractivity contribution in [2.24, 2.45) is 5.92 Å². The van der Waals surface area contributed by atoms with Gasteiger partial charge in [-0.3, -0.25) is 4.79 Å². The van der Waals surface area contributed by atoms with Gasteiger partial charge in [-0.15, -0.1) is 0 Å². The number of carbonyl (C=O) groups is 1. The number of benzene rings is 2. The van der Waals surface area contributed by atoms with Crippen LogP contribution in [0.25, 0.3) is 11.3 Å². The Morgan fingerprint density at radius 1 is 1.20 bits per heavy atom. The van der Waals surface area contributed by atoms with E-state index in [1.165, 1.54) is 12.1 Å². The summed E-state index contributed by atoms with van der Waals surface area (Å²) in [6.07, 6.45) is 3.28. The summed E-state index contributed by atoms with van der Waals surface area (Å²) in [6, 6.07) is 13.8. The summed E-state index contributed by atoms with van der Waals surface area (Å²) in [5, 5.41) is 2.96. The van der Waals surface area contributed by atoms with Gasteiger partial charge in [0, 0.05) is 13.0 Å². The molecule has 0 aliphatic carbocycles. The van der Waals surface area contributed by atoms with Gasteiger partial charge in [0.15, 0.2) is 11.5 Å². The van der Waals surface area contributed by atoms with Gasteiger partial charge >= 0.3 is 0 Å². The van der Waals surface area contributed by atoms with Gasteiger partial charge in [0.25, 0.3) is 0 Å². The predicted octanol–water partition coefficient (Wildman–Crippen LogP) is 3.46. The average Bonchev–Trinajstić information content (AvgIpc) is 3.20. The number of nitrogens with one attached hydrogen (secondary N) is 1. The van der Waals surface area contributed by atoms with Crippen LogP contribution in [0.5, 0.6) is 11.5 Å². The molecule has 7 heteroatoms. The molecule has 0 saturated heterocycles. The Hall–Kier alpha value is -3.35. The number of para-hydroxylation sites is 2. The van der Waals surface area contributed by atoms with E-state index >= 15 is 0 Å². The lowest BCUT2D eigenvalue weighted by Crippen LogP contribution is -2.38. The SMILES string of the molecule is COc1ccccc1OCCNC(=O)C1CCc2ncc(-c3ccc(F)cc3)n2C1. The van der Waals surface area contributed by atoms with Crippen LogP contribution in [-0.4, -0.2) is 35.7 Å². The van der Waals surface area contributed by atoms with Crippen molar-refractivity contribution in [3.8, 4) is 22.8 Å². The van der Waals surface area contributed by atoms with Crippen molar-refractivity contribution >= 4 is 5.91 Å². The summed E-state index contributed by atoms with van der Waals surface area (Å²) in [4.78, 5) is 17.2. The lowest BCUT2D eigenvalue weighted by Gasteiger charge is -2.24. The van der Waals surface area contributed by atoms with E-state index in [0.717, 1.165) is 29.9 Å². The van der Waals surface area contributed by atoms with Crippen LogP contribution in [0.1, 0.15) is 12.2 Å². The second kappa shape index (κ2) is 8.98. The predicted molar refractivity (Wildman–Crippen MR) is 111 cm³/mol. The van der Waals surface area contributed by atoms with E-state index in [-0.39, 0.29) is 17.6 Å². The molecule has 1 amide bonds. The number of hydrogen-bond acceptors (Lipinski definition) is 4. The minimum Gasteiger partial charge on any atom is -0.493 e. The number of ether oxygens (including phenoxy) is 2. The van der Waals surface area contributed by atoms with E-state index in [0.29, 0.717) is 31.2 Å². The molecule has 6 nitrogen and oxygen atoms in total. The second-order valence-electron chi connectivity index (χ2n) is 7.20. The maximum Gasteiger partial charge on any atom is 0.225 e. The van der Waals surface area contributed by atoms with Crippen LogP contribution in [0, 0.1) is 11.7 Å². The van der Waals surface area contributed by atoms with Crippen molar-refractivity contribution in [3.05, 3.63) is 66.4 Å². The first-order chi connectivity index (χ1) is 14.7. The van der Waals surface area contributed by atoms with Crippen LogP contribution in [-0.2, 0) is 17.8 Å². The zero-order valence-corrected chi connectivity index (χ0v) is 16.8. The molecule has 1 atom stereocenters. The molecule has 1 unspecified atom stereocenters. The molecule has 0 fully saturated rings. The van der Waals surface area contributed by atoms with E-state index in [9.17, 15) is 9.18 Å². The fraction of sp³-hybridized carbons (Fsp3) is 0.304. The van der Waals surface area contributed by atoms with Crippen molar-refractivity contribution in [3.63, 3.8) is 0 Å². The summed E-state index contributed by atoms with van der Waals surface area (Å²) < 4.78 is 26.3. The van der Waals surface area contributed by atoms with Gasteiger partial charge in [0.05, 0.1) is 31.5 Å². The quantitative estimate of drug-likeness (QED) is 0.607. The van der Waals surface area contributed by atoms with Gasteiger partial charge in [-0.05, 0) is 48.4 Å². The van der Waals surface area contributed by atoms with Crippen molar-refractivity contribution < 1.29 is 18.7 Å². The largest absolute Gasteiger partial charge is 0.493 e. The Balaban J connectivity index is 1.33. The first kappa shape index (κ1) is 19.9. The highest BCUT2D eigenvalue weighted by molar-refractivity contribution is 5.79. The average molecular weight is 409 g/mol. The number of rotatable bonds is 7. The third-order valence-electron chi connectivity index (χ3n) is 5.30. The summed E-state index contributed by atoms with van der Waals surface area (Å²) >= 11 is 0. The summed E-state index contributed by atoms with van der Waals surface area (Å²) in [7, 11) is 1.59. The van der Waals surface area contributed by atoms with E-state index < -0.39 is 0 Å². The molecule has 1 aliphatic rings. The molecule has 156 valence electrons. The number of nitrogens with zero attached hydrogens (tertiary/aromatic N) is 2. The summed E-state index contributed by atoms with van der Waals surface area (Å²) in [6.45, 7) is 1.33. The van der Waals surface area contributed by atoms with Crippen molar-refractivity contribution in [1.29, 1.82) is 0 Å². The minimum atomic E-state index is -0.273. The highest BCUT2D eigenvalue weighted by Gasteiger charge is 2.27. The number of carbonyl (C=O) groups excluding carboxylic acids is 1. The first-order valence-corrected chi connectivity index (χ1v) is 9.99. The maximum atomic E-state index is 13.2. The number of halogens is 1. The molecular weight excluding hydrogens is 385 g/mol. The summed E-state index contributed by atoms with van der Waals surface area (Å²) in [5.41, 5.74) is 1.79. The molecule has 0 spiro atoms. The molecule has 2 aromatic carbocycles. The first-order valence-electron chi connectivity index (χ1n) is 9.99. The van der Waals surface area contributed by atoms with Crippen LogP contribution in [0.4, 0.5) is 4.39 Å². The molecule has 3 aromatic rings. The lowest BCUT2D eigenvalue weighted by atomic mass is 9.98. The van der Waals surface area contributed by atoms with E-state index in [1.807, 2.05) is 24.3 Å². The smallest absolute Gasteiger partial charge is 0.225 e. The normalized spacial score (nSPS) is 15.3. The van der Waals surface area contributed by atoms with Gasteiger partial charge in [-0.2, -0.15) is 0 Å². The molecule has 4 rings (SSSR count). The van der Waals surface area contributed by atoms with Crippen LogP contribution in [0.15, 0.2) is 54.7 Å². The van der Waals surface area contributed by atoms with Crippen LogP contribution in [0.3, 0.4) is 0 Å². The molecule has 30 heavy (non-hydrogen) atoms. The van der Waals surface area contributed by atoms with Crippen LogP contribution >= 0.6 is 0 Å². The number of aryl methyl sites for hydroxylation is 1. The molecule has 2 heterocycles. The number of hydrogen-bond donors (Lipinski definition) is 1. The van der Waals surface area contributed by atoms with Gasteiger partial charge < -0.3 is 19.4 Å². The number of methoxy groups -OCH3 is 1. The Bertz CT molecular complexity index is 1020. The topological polar surface area (TPSA) is 65.4 Å². The Morgan fingerprint density at radius 3 is 2.73 bits per heavy atom. The second-order valence-corrected chi connectivity index (χ2v) is 7.20. The third-order valence-corrected chi connectivity index (χ3v) is 5.30. The third kappa shape index (κ3) is 4.30. The summed E-state index contributed by atoms with van der Waals surface area (Å²) in [5.74, 6) is 1.86. The Kier molecular flexibility index (Phi) is 5.97. The molecule has 1 aromatic heterocycles. The number of imidazole rings is 1. The zero-order valence-electron chi connectivity index (χ0n) is 16.8. The van der Waals surface area contributed by atoms with E-state index in [4.69, 9.17) is 9.47 Å². The molecule has 0 saturated carbocycles. The highest BCUT2D eigenvalue weighted by atomic mass is 19.1.